The van der Waals surface area contributed by atoms with Crippen molar-refractivity contribution in [3.05, 3.63) is 101 Å². The number of fused-ring (bicyclic) bond motifs is 2. The molecule has 6 rings (SSSR count). The van der Waals surface area contributed by atoms with Gasteiger partial charge in [0.2, 0.25) is 0 Å². The highest BCUT2D eigenvalue weighted by Gasteiger charge is 2.48. The van der Waals surface area contributed by atoms with Crippen LogP contribution < -0.4 is 10.2 Å². The first-order chi connectivity index (χ1) is 17.0. The van der Waals surface area contributed by atoms with E-state index in [1.54, 1.807) is 0 Å². The Bertz CT molecular complexity index is 1270. The van der Waals surface area contributed by atoms with Gasteiger partial charge in [0.1, 0.15) is 12.4 Å². The first kappa shape index (κ1) is 21.8. The van der Waals surface area contributed by atoms with Gasteiger partial charge in [0.15, 0.2) is 0 Å². The van der Waals surface area contributed by atoms with E-state index >= 15 is 0 Å². The van der Waals surface area contributed by atoms with Gasteiger partial charge in [0, 0.05) is 11.6 Å². The Morgan fingerprint density at radius 3 is 2.46 bits per heavy atom. The molecule has 1 aliphatic heterocycles. The Balaban J connectivity index is 1.22. The van der Waals surface area contributed by atoms with E-state index in [1.165, 1.54) is 24.3 Å². The van der Waals surface area contributed by atoms with Crippen LogP contribution in [0.25, 0.3) is 0 Å². The molecule has 0 radical (unpaired) electrons. The third kappa shape index (κ3) is 4.07. The zero-order chi connectivity index (χ0) is 24.0. The van der Waals surface area contributed by atoms with Crippen molar-refractivity contribution in [3.63, 3.8) is 0 Å². The Labute approximate surface area is 203 Å². The highest BCUT2D eigenvalue weighted by atomic mass is 19.1. The van der Waals surface area contributed by atoms with Crippen LogP contribution in [0.1, 0.15) is 52.7 Å². The van der Waals surface area contributed by atoms with Crippen LogP contribution >= 0.6 is 0 Å². The number of carbonyl (C=O) groups is 2. The first-order valence-corrected chi connectivity index (χ1v) is 12.2. The number of carbonyl (C=O) groups excluding carboxylic acids is 2. The van der Waals surface area contributed by atoms with Crippen LogP contribution in [-0.2, 0) is 23.3 Å². The molecule has 2 saturated carbocycles. The molecular formula is C29H27FN2O3. The summed E-state index contributed by atoms with van der Waals surface area (Å²) in [7, 11) is 0. The van der Waals surface area contributed by atoms with Gasteiger partial charge in [0.25, 0.3) is 5.91 Å². The van der Waals surface area contributed by atoms with E-state index in [1.807, 2.05) is 47.4 Å². The molecule has 6 heteroatoms. The maximum Gasteiger partial charge on any atom is 0.414 e. The maximum absolute atomic E-state index is 13.2. The van der Waals surface area contributed by atoms with Gasteiger partial charge in [-0.25, -0.2) is 9.18 Å². The number of hydrogen-bond donors (Lipinski definition) is 1. The molecule has 2 aliphatic carbocycles. The first-order valence-electron chi connectivity index (χ1n) is 12.2. The molecule has 0 spiro atoms. The third-order valence-electron chi connectivity index (χ3n) is 7.69. The van der Waals surface area contributed by atoms with Crippen molar-refractivity contribution in [2.24, 2.45) is 5.92 Å². The summed E-state index contributed by atoms with van der Waals surface area (Å²) >= 11 is 0. The number of nitrogens with one attached hydrogen (secondary N) is 1. The third-order valence-corrected chi connectivity index (χ3v) is 7.69. The van der Waals surface area contributed by atoms with Gasteiger partial charge in [-0.3, -0.25) is 9.69 Å². The van der Waals surface area contributed by atoms with Crippen molar-refractivity contribution in [2.75, 3.05) is 4.90 Å². The van der Waals surface area contributed by atoms with Gasteiger partial charge >= 0.3 is 6.09 Å². The van der Waals surface area contributed by atoms with Crippen molar-refractivity contribution in [1.82, 2.24) is 5.32 Å². The second kappa shape index (κ2) is 8.52. The SMILES string of the molecule is O=C(NC1(c2ccc3c(c2)CC2CCC2N3C(=O)OCc2ccccc2)CC1)c1ccc(F)cc1. The van der Waals surface area contributed by atoms with E-state index < -0.39 is 5.54 Å². The lowest BCUT2D eigenvalue weighted by Crippen LogP contribution is -2.54. The van der Waals surface area contributed by atoms with E-state index in [-0.39, 0.29) is 30.5 Å². The lowest BCUT2D eigenvalue weighted by atomic mass is 9.71. The van der Waals surface area contributed by atoms with Gasteiger partial charge in [-0.2, -0.15) is 0 Å². The summed E-state index contributed by atoms with van der Waals surface area (Å²) in [6.07, 6.45) is 4.43. The Hall–Kier alpha value is -3.67. The predicted molar refractivity (Wildman–Crippen MR) is 131 cm³/mol. The van der Waals surface area contributed by atoms with Gasteiger partial charge in [-0.1, -0.05) is 42.5 Å². The minimum atomic E-state index is -0.407. The summed E-state index contributed by atoms with van der Waals surface area (Å²) in [5.41, 5.74) is 4.10. The van der Waals surface area contributed by atoms with E-state index in [2.05, 4.69) is 11.4 Å². The Morgan fingerprint density at radius 2 is 1.77 bits per heavy atom. The number of amides is 2. The van der Waals surface area contributed by atoms with Crippen LogP contribution in [-0.4, -0.2) is 18.0 Å². The molecule has 2 atom stereocenters. The summed E-state index contributed by atoms with van der Waals surface area (Å²) in [6.45, 7) is 0.250. The number of anilines is 1. The van der Waals surface area contributed by atoms with Crippen LogP contribution in [0.4, 0.5) is 14.9 Å². The van der Waals surface area contributed by atoms with E-state index in [0.29, 0.717) is 11.5 Å². The molecule has 2 unspecified atom stereocenters. The number of ether oxygens (including phenoxy) is 1. The number of nitrogens with zero attached hydrogens (tertiary/aromatic N) is 1. The fourth-order valence-corrected chi connectivity index (χ4v) is 5.40. The molecule has 1 N–H and O–H groups in total. The molecule has 0 bridgehead atoms. The molecule has 2 amide bonds. The predicted octanol–water partition coefficient (Wildman–Crippen LogP) is 5.72. The van der Waals surface area contributed by atoms with Crippen LogP contribution in [0.2, 0.25) is 0 Å². The summed E-state index contributed by atoms with van der Waals surface area (Å²) in [6, 6.07) is 21.7. The van der Waals surface area contributed by atoms with E-state index in [4.69, 9.17) is 4.74 Å². The molecule has 1 heterocycles. The molecule has 0 aromatic heterocycles. The molecule has 0 saturated heterocycles. The number of rotatable bonds is 5. The van der Waals surface area contributed by atoms with Crippen molar-refractivity contribution < 1.29 is 18.7 Å². The summed E-state index contributed by atoms with van der Waals surface area (Å²) < 4.78 is 18.9. The molecule has 3 aromatic rings. The average molecular weight is 471 g/mol. The average Bonchev–Trinajstić information content (AvgIpc) is 3.64. The van der Waals surface area contributed by atoms with Gasteiger partial charge < -0.3 is 10.1 Å². The molecule has 178 valence electrons. The Kier molecular flexibility index (Phi) is 5.32. The van der Waals surface area contributed by atoms with Crippen molar-refractivity contribution in [1.29, 1.82) is 0 Å². The minimum Gasteiger partial charge on any atom is -0.444 e. The number of hydrogen-bond acceptors (Lipinski definition) is 3. The summed E-state index contributed by atoms with van der Waals surface area (Å²) in [5, 5.41) is 3.17. The highest BCUT2D eigenvalue weighted by Crippen LogP contribution is 2.49. The van der Waals surface area contributed by atoms with Crippen molar-refractivity contribution in [2.45, 2.75) is 50.3 Å². The smallest absolute Gasteiger partial charge is 0.414 e. The standard InChI is InChI=1S/C29H27FN2O3/c30-24-10-6-20(7-11-24)27(33)31-29(14-15-29)23-9-13-26-22(17-23)16-21-8-12-25(21)32(26)28(34)35-18-19-4-2-1-3-5-19/h1-7,9-11,13,17,21,25H,8,12,14-16,18H2,(H,31,33). The number of benzene rings is 3. The quantitative estimate of drug-likeness (QED) is 0.519. The normalized spacial score (nSPS) is 21.2. The van der Waals surface area contributed by atoms with Crippen molar-refractivity contribution in [3.8, 4) is 0 Å². The molecule has 2 fully saturated rings. The highest BCUT2D eigenvalue weighted by molar-refractivity contribution is 5.95. The molecule has 35 heavy (non-hydrogen) atoms. The van der Waals surface area contributed by atoms with Crippen LogP contribution in [0.3, 0.4) is 0 Å². The maximum atomic E-state index is 13.2. The van der Waals surface area contributed by atoms with Gasteiger partial charge in [-0.05, 0) is 85.0 Å². The molecular weight excluding hydrogens is 443 g/mol. The largest absolute Gasteiger partial charge is 0.444 e. The second-order valence-electron chi connectivity index (χ2n) is 9.91. The Morgan fingerprint density at radius 1 is 1.00 bits per heavy atom. The van der Waals surface area contributed by atoms with Crippen LogP contribution in [0, 0.1) is 11.7 Å². The second-order valence-corrected chi connectivity index (χ2v) is 9.91. The molecule has 5 nitrogen and oxygen atoms in total. The monoisotopic (exact) mass is 470 g/mol. The molecule has 3 aromatic carbocycles. The molecule has 3 aliphatic rings. The fraction of sp³-hybridized carbons (Fsp3) is 0.310. The minimum absolute atomic E-state index is 0.185. The van der Waals surface area contributed by atoms with Crippen molar-refractivity contribution >= 4 is 17.7 Å². The lowest BCUT2D eigenvalue weighted by molar-refractivity contribution is 0.0930. The van der Waals surface area contributed by atoms with Crippen LogP contribution in [0.5, 0.6) is 0 Å². The zero-order valence-electron chi connectivity index (χ0n) is 19.4. The van der Waals surface area contributed by atoms with Gasteiger partial charge in [-0.15, -0.1) is 0 Å². The lowest BCUT2D eigenvalue weighted by Gasteiger charge is -2.48. The topological polar surface area (TPSA) is 58.6 Å². The van der Waals surface area contributed by atoms with E-state index in [9.17, 15) is 14.0 Å². The van der Waals surface area contributed by atoms with Crippen LogP contribution in [0.15, 0.2) is 72.8 Å². The number of halogens is 1. The summed E-state index contributed by atoms with van der Waals surface area (Å²) in [5.74, 6) is -0.130. The fourth-order valence-electron chi connectivity index (χ4n) is 5.40. The van der Waals surface area contributed by atoms with E-state index in [0.717, 1.165) is 54.5 Å². The summed E-state index contributed by atoms with van der Waals surface area (Å²) in [4.78, 5) is 27.8. The zero-order valence-corrected chi connectivity index (χ0v) is 19.4. The van der Waals surface area contributed by atoms with Gasteiger partial charge in [0.05, 0.1) is 11.2 Å².